The highest BCUT2D eigenvalue weighted by atomic mass is 35.5. The van der Waals surface area contributed by atoms with E-state index in [1.54, 1.807) is 0 Å². The molecule has 0 aliphatic carbocycles. The fourth-order valence-electron chi connectivity index (χ4n) is 3.78. The molecule has 2 N–H and O–H groups in total. The van der Waals surface area contributed by atoms with Crippen molar-refractivity contribution in [3.8, 4) is 0 Å². The van der Waals surface area contributed by atoms with Gasteiger partial charge in [0.05, 0.1) is 5.92 Å². The highest BCUT2D eigenvalue weighted by Crippen LogP contribution is 2.23. The van der Waals surface area contributed by atoms with Crippen molar-refractivity contribution in [3.05, 3.63) is 34.9 Å². The summed E-state index contributed by atoms with van der Waals surface area (Å²) < 4.78 is 0. The Balaban J connectivity index is 0.00000225. The third kappa shape index (κ3) is 4.33. The molecule has 1 unspecified atom stereocenters. The summed E-state index contributed by atoms with van der Waals surface area (Å²) >= 11 is 0. The smallest absolute Gasteiger partial charge is 0.225 e. The van der Waals surface area contributed by atoms with Gasteiger partial charge in [0.25, 0.3) is 0 Å². The Labute approximate surface area is 155 Å². The lowest BCUT2D eigenvalue weighted by Gasteiger charge is -2.26. The molecule has 5 nitrogen and oxygen atoms in total. The summed E-state index contributed by atoms with van der Waals surface area (Å²) in [5.41, 5.74) is 3.77. The summed E-state index contributed by atoms with van der Waals surface area (Å²) in [4.78, 5) is 26.5. The van der Waals surface area contributed by atoms with Crippen molar-refractivity contribution >= 4 is 24.2 Å². The van der Waals surface area contributed by atoms with Crippen molar-refractivity contribution in [3.63, 3.8) is 0 Å². The maximum atomic E-state index is 12.4. The molecule has 3 rings (SSSR count). The Hall–Kier alpha value is -1.59. The van der Waals surface area contributed by atoms with Gasteiger partial charge in [0.2, 0.25) is 11.8 Å². The van der Waals surface area contributed by atoms with Gasteiger partial charge in [0.1, 0.15) is 0 Å². The number of carbonyl (C=O) groups is 2. The number of benzene rings is 1. The van der Waals surface area contributed by atoms with Crippen LogP contribution in [0.2, 0.25) is 0 Å². The molecule has 25 heavy (non-hydrogen) atoms. The summed E-state index contributed by atoms with van der Waals surface area (Å²) in [6.45, 7) is 7.11. The van der Waals surface area contributed by atoms with Gasteiger partial charge in [-0.15, -0.1) is 12.4 Å². The first-order valence-corrected chi connectivity index (χ1v) is 9.01. The van der Waals surface area contributed by atoms with Crippen LogP contribution in [-0.2, 0) is 29.2 Å². The Morgan fingerprint density at radius 3 is 2.72 bits per heavy atom. The Morgan fingerprint density at radius 2 is 2.00 bits per heavy atom. The molecule has 2 aliphatic rings. The van der Waals surface area contributed by atoms with Crippen LogP contribution < -0.4 is 10.6 Å². The van der Waals surface area contributed by atoms with Crippen LogP contribution in [0.5, 0.6) is 0 Å². The van der Waals surface area contributed by atoms with Gasteiger partial charge in [-0.2, -0.15) is 0 Å². The molecule has 6 heteroatoms. The van der Waals surface area contributed by atoms with Crippen LogP contribution in [0.1, 0.15) is 49.8 Å². The molecule has 0 aromatic heterocycles. The minimum atomic E-state index is -0.214. The first kappa shape index (κ1) is 19.7. The first-order chi connectivity index (χ1) is 11.6. The third-order valence-electron chi connectivity index (χ3n) is 5.28. The van der Waals surface area contributed by atoms with Gasteiger partial charge in [-0.3, -0.25) is 9.59 Å². The normalized spacial score (nSPS) is 19.1. The highest BCUT2D eigenvalue weighted by Gasteiger charge is 2.36. The van der Waals surface area contributed by atoms with Crippen LogP contribution in [-0.4, -0.2) is 29.3 Å². The summed E-state index contributed by atoms with van der Waals surface area (Å²) in [7, 11) is 0. The number of halogens is 1. The molecule has 0 bridgehead atoms. The quantitative estimate of drug-likeness (QED) is 0.813. The van der Waals surface area contributed by atoms with E-state index in [1.165, 1.54) is 11.1 Å². The molecule has 0 spiro atoms. The molecule has 2 amide bonds. The molecule has 1 atom stereocenters. The zero-order valence-corrected chi connectivity index (χ0v) is 15.8. The number of hydrogen-bond acceptors (Lipinski definition) is 3. The Morgan fingerprint density at radius 1 is 1.28 bits per heavy atom. The monoisotopic (exact) mass is 365 g/mol. The number of hydrogen-bond donors (Lipinski definition) is 2. The molecule has 1 aromatic rings. The van der Waals surface area contributed by atoms with Gasteiger partial charge in [-0.25, -0.2) is 0 Å². The van der Waals surface area contributed by atoms with E-state index >= 15 is 0 Å². The van der Waals surface area contributed by atoms with E-state index in [2.05, 4.69) is 42.7 Å². The molecule has 1 fully saturated rings. The highest BCUT2D eigenvalue weighted by molar-refractivity contribution is 5.89. The summed E-state index contributed by atoms with van der Waals surface area (Å²) in [5, 5.41) is 6.34. The predicted molar refractivity (Wildman–Crippen MR) is 100 cm³/mol. The molecular formula is C19H28ClN3O2. The van der Waals surface area contributed by atoms with E-state index in [0.29, 0.717) is 19.5 Å². The lowest BCUT2D eigenvalue weighted by atomic mass is 10.1. The number of nitrogens with one attached hydrogen (secondary N) is 2. The number of likely N-dealkylation sites (tertiary alicyclic amines) is 1. The first-order valence-electron chi connectivity index (χ1n) is 9.01. The fraction of sp³-hybridized carbons (Fsp3) is 0.579. The third-order valence-corrected chi connectivity index (χ3v) is 5.28. The van der Waals surface area contributed by atoms with Crippen LogP contribution in [0.15, 0.2) is 18.2 Å². The van der Waals surface area contributed by atoms with Gasteiger partial charge >= 0.3 is 0 Å². The zero-order chi connectivity index (χ0) is 17.1. The second kappa shape index (κ2) is 8.68. The van der Waals surface area contributed by atoms with Crippen molar-refractivity contribution < 1.29 is 9.59 Å². The van der Waals surface area contributed by atoms with Crippen molar-refractivity contribution in [1.82, 2.24) is 15.5 Å². The molecule has 1 aromatic carbocycles. The summed E-state index contributed by atoms with van der Waals surface area (Å²) in [6, 6.07) is 6.62. The molecule has 1 saturated heterocycles. The predicted octanol–water partition coefficient (Wildman–Crippen LogP) is 2.36. The largest absolute Gasteiger partial charge is 0.352 e. The fourth-order valence-corrected chi connectivity index (χ4v) is 3.78. The molecular weight excluding hydrogens is 338 g/mol. The van der Waals surface area contributed by atoms with Crippen LogP contribution >= 0.6 is 12.4 Å². The number of carbonyl (C=O) groups excluding carboxylic acids is 2. The SMILES string of the molecule is CCC(CC)N1CC(C(=O)NCc2ccc3c(c2)CNC3)CC1=O.Cl. The molecule has 2 aliphatic heterocycles. The Kier molecular flexibility index (Phi) is 6.85. The maximum absolute atomic E-state index is 12.4. The van der Waals surface area contributed by atoms with Gasteiger partial charge in [-0.05, 0) is 29.5 Å². The average molecular weight is 366 g/mol. The second-order valence-corrected chi connectivity index (χ2v) is 6.84. The van der Waals surface area contributed by atoms with E-state index < -0.39 is 0 Å². The van der Waals surface area contributed by atoms with E-state index in [4.69, 9.17) is 0 Å². The van der Waals surface area contributed by atoms with Gasteiger partial charge in [0.15, 0.2) is 0 Å². The van der Waals surface area contributed by atoms with Crippen LogP contribution in [0.3, 0.4) is 0 Å². The summed E-state index contributed by atoms with van der Waals surface area (Å²) in [6.07, 6.45) is 2.23. The lowest BCUT2D eigenvalue weighted by molar-refractivity contribution is -0.130. The number of amides is 2. The van der Waals surface area contributed by atoms with Gasteiger partial charge in [-0.1, -0.05) is 32.0 Å². The maximum Gasteiger partial charge on any atom is 0.225 e. The van der Waals surface area contributed by atoms with Crippen LogP contribution in [0.4, 0.5) is 0 Å². The summed E-state index contributed by atoms with van der Waals surface area (Å²) in [5.74, 6) is -0.0999. The number of fused-ring (bicyclic) bond motifs is 1. The molecule has 0 radical (unpaired) electrons. The van der Waals surface area contributed by atoms with Crippen molar-refractivity contribution in [2.75, 3.05) is 6.54 Å². The minimum Gasteiger partial charge on any atom is -0.352 e. The van der Waals surface area contributed by atoms with Gasteiger partial charge in [0, 0.05) is 38.6 Å². The standard InChI is InChI=1S/C19H27N3O2.ClH/c1-3-17(4-2)22-12-16(8-18(22)23)19(24)21-9-13-5-6-14-10-20-11-15(14)7-13;/h5-7,16-17,20H,3-4,8-12H2,1-2H3,(H,21,24);1H. The van der Waals surface area contributed by atoms with Crippen LogP contribution in [0.25, 0.3) is 0 Å². The van der Waals surface area contributed by atoms with Crippen molar-refractivity contribution in [2.24, 2.45) is 5.92 Å². The van der Waals surface area contributed by atoms with Crippen molar-refractivity contribution in [2.45, 2.75) is 58.8 Å². The molecule has 2 heterocycles. The van der Waals surface area contributed by atoms with E-state index in [9.17, 15) is 9.59 Å². The number of nitrogens with zero attached hydrogens (tertiary/aromatic N) is 1. The second-order valence-electron chi connectivity index (χ2n) is 6.84. The van der Waals surface area contributed by atoms with Gasteiger partial charge < -0.3 is 15.5 Å². The van der Waals surface area contributed by atoms with Crippen molar-refractivity contribution in [1.29, 1.82) is 0 Å². The lowest BCUT2D eigenvalue weighted by Crippen LogP contribution is -2.37. The minimum absolute atomic E-state index is 0. The topological polar surface area (TPSA) is 61.4 Å². The van der Waals surface area contributed by atoms with E-state index in [0.717, 1.165) is 31.5 Å². The van der Waals surface area contributed by atoms with E-state index in [-0.39, 0.29) is 36.2 Å². The average Bonchev–Trinajstić information content (AvgIpc) is 3.20. The molecule has 0 saturated carbocycles. The van der Waals surface area contributed by atoms with E-state index in [1.807, 2.05) is 4.90 Å². The zero-order valence-electron chi connectivity index (χ0n) is 15.0. The Bertz CT molecular complexity index is 631. The molecule has 138 valence electrons. The van der Waals surface area contributed by atoms with Crippen LogP contribution in [0, 0.1) is 5.92 Å². The number of rotatable bonds is 6.